The summed E-state index contributed by atoms with van der Waals surface area (Å²) >= 11 is 6.35. The van der Waals surface area contributed by atoms with Gasteiger partial charge >= 0.3 is 0 Å². The fourth-order valence-corrected chi connectivity index (χ4v) is 2.59. The van der Waals surface area contributed by atoms with E-state index >= 15 is 0 Å². The number of benzene rings is 1. The number of hydrogen-bond acceptors (Lipinski definition) is 4. The fraction of sp³-hybridized carbons (Fsp3) is 0.412. The van der Waals surface area contributed by atoms with Crippen LogP contribution in [0.4, 0.5) is 17.5 Å². The van der Waals surface area contributed by atoms with Crippen molar-refractivity contribution in [1.29, 1.82) is 0 Å². The summed E-state index contributed by atoms with van der Waals surface area (Å²) in [5, 5.41) is 7.32. The van der Waals surface area contributed by atoms with E-state index in [0.29, 0.717) is 17.0 Å². The van der Waals surface area contributed by atoms with Crippen LogP contribution in [0.15, 0.2) is 18.2 Å². The molecule has 22 heavy (non-hydrogen) atoms. The normalized spacial score (nSPS) is 12.1. The smallest absolute Gasteiger partial charge is 0.225 e. The van der Waals surface area contributed by atoms with Crippen molar-refractivity contribution in [2.75, 3.05) is 10.6 Å². The Morgan fingerprint density at radius 2 is 1.86 bits per heavy atom. The Bertz CT molecular complexity index is 647. The lowest BCUT2D eigenvalue weighted by atomic mass is 10.1. The summed E-state index contributed by atoms with van der Waals surface area (Å²) in [7, 11) is 0. The summed E-state index contributed by atoms with van der Waals surface area (Å²) in [5.74, 6) is 1.38. The fourth-order valence-electron chi connectivity index (χ4n) is 2.22. The van der Waals surface area contributed by atoms with E-state index in [0.717, 1.165) is 34.7 Å². The summed E-state index contributed by atoms with van der Waals surface area (Å²) in [6, 6.07) is 6.29. The van der Waals surface area contributed by atoms with Crippen LogP contribution >= 0.6 is 11.6 Å². The van der Waals surface area contributed by atoms with Crippen LogP contribution in [0.3, 0.4) is 0 Å². The molecule has 0 aliphatic carbocycles. The van der Waals surface area contributed by atoms with Gasteiger partial charge in [0.15, 0.2) is 0 Å². The average molecular weight is 319 g/mol. The number of halogens is 1. The molecule has 0 spiro atoms. The zero-order chi connectivity index (χ0) is 16.3. The Labute approximate surface area is 137 Å². The van der Waals surface area contributed by atoms with Gasteiger partial charge in [-0.2, -0.15) is 4.98 Å². The zero-order valence-corrected chi connectivity index (χ0v) is 14.5. The minimum absolute atomic E-state index is 0.333. The summed E-state index contributed by atoms with van der Waals surface area (Å²) in [6.45, 7) is 10.3. The molecule has 4 nitrogen and oxygen atoms in total. The molecule has 0 fully saturated rings. The quantitative estimate of drug-likeness (QED) is 0.813. The number of nitrogens with zero attached hydrogens (tertiary/aromatic N) is 2. The first-order valence-corrected chi connectivity index (χ1v) is 7.92. The molecular weight excluding hydrogens is 296 g/mol. The first kappa shape index (κ1) is 16.6. The highest BCUT2D eigenvalue weighted by Crippen LogP contribution is 2.30. The zero-order valence-electron chi connectivity index (χ0n) is 13.8. The van der Waals surface area contributed by atoms with Crippen LogP contribution in [0.2, 0.25) is 5.02 Å². The minimum atomic E-state index is 0.333. The standard InChI is InChI=1S/C17H23ClN4/c1-6-12(4)19-17-20-13(5)9-15(22-17)21-16-11(3)7-10(2)8-14(16)18/h7-9,12H,6H2,1-5H3,(H2,19,20,21,22). The Morgan fingerprint density at radius 3 is 2.50 bits per heavy atom. The van der Waals surface area contributed by atoms with Gasteiger partial charge in [0.05, 0.1) is 10.7 Å². The van der Waals surface area contributed by atoms with Crippen molar-refractivity contribution in [2.24, 2.45) is 0 Å². The van der Waals surface area contributed by atoms with Gasteiger partial charge in [-0.1, -0.05) is 24.6 Å². The van der Waals surface area contributed by atoms with Crippen molar-refractivity contribution in [1.82, 2.24) is 9.97 Å². The van der Waals surface area contributed by atoms with Crippen molar-refractivity contribution in [3.05, 3.63) is 40.0 Å². The van der Waals surface area contributed by atoms with E-state index in [1.165, 1.54) is 0 Å². The number of hydrogen-bond donors (Lipinski definition) is 2. The molecule has 1 aromatic carbocycles. The number of aromatic nitrogens is 2. The molecule has 0 saturated carbocycles. The molecule has 1 heterocycles. The molecule has 0 bridgehead atoms. The molecule has 2 aromatic rings. The van der Waals surface area contributed by atoms with Crippen molar-refractivity contribution >= 4 is 29.1 Å². The molecule has 0 radical (unpaired) electrons. The van der Waals surface area contributed by atoms with Gasteiger partial charge in [0.2, 0.25) is 5.95 Å². The molecule has 0 aliphatic heterocycles. The van der Waals surface area contributed by atoms with Gasteiger partial charge in [0.25, 0.3) is 0 Å². The largest absolute Gasteiger partial charge is 0.352 e. The van der Waals surface area contributed by atoms with Crippen LogP contribution in [0.5, 0.6) is 0 Å². The summed E-state index contributed by atoms with van der Waals surface area (Å²) in [4.78, 5) is 8.96. The molecule has 2 rings (SSSR count). The molecule has 0 aliphatic rings. The van der Waals surface area contributed by atoms with E-state index in [9.17, 15) is 0 Å². The van der Waals surface area contributed by atoms with Gasteiger partial charge < -0.3 is 10.6 Å². The second-order valence-electron chi connectivity index (χ2n) is 5.74. The third-order valence-corrected chi connectivity index (χ3v) is 3.82. The van der Waals surface area contributed by atoms with Gasteiger partial charge in [0, 0.05) is 17.8 Å². The lowest BCUT2D eigenvalue weighted by Crippen LogP contribution is -2.16. The van der Waals surface area contributed by atoms with E-state index < -0.39 is 0 Å². The van der Waals surface area contributed by atoms with E-state index in [4.69, 9.17) is 11.6 Å². The van der Waals surface area contributed by atoms with Crippen LogP contribution in [0, 0.1) is 20.8 Å². The summed E-state index contributed by atoms with van der Waals surface area (Å²) in [5.41, 5.74) is 4.03. The highest BCUT2D eigenvalue weighted by Gasteiger charge is 2.09. The number of aryl methyl sites for hydroxylation is 3. The molecule has 1 atom stereocenters. The predicted molar refractivity (Wildman–Crippen MR) is 94.4 cm³/mol. The maximum atomic E-state index is 6.35. The second-order valence-corrected chi connectivity index (χ2v) is 6.14. The van der Waals surface area contributed by atoms with Crippen LogP contribution in [0.1, 0.15) is 37.1 Å². The first-order chi connectivity index (χ1) is 10.4. The molecule has 0 amide bonds. The molecule has 1 aromatic heterocycles. The van der Waals surface area contributed by atoms with Crippen LogP contribution in [-0.4, -0.2) is 16.0 Å². The highest BCUT2D eigenvalue weighted by atomic mass is 35.5. The highest BCUT2D eigenvalue weighted by molar-refractivity contribution is 6.33. The molecule has 1 unspecified atom stereocenters. The van der Waals surface area contributed by atoms with Crippen LogP contribution < -0.4 is 10.6 Å². The third-order valence-electron chi connectivity index (χ3n) is 3.53. The minimum Gasteiger partial charge on any atom is -0.352 e. The Morgan fingerprint density at radius 1 is 1.14 bits per heavy atom. The van der Waals surface area contributed by atoms with Gasteiger partial charge in [-0.05, 0) is 51.3 Å². The number of rotatable bonds is 5. The molecule has 0 saturated heterocycles. The lowest BCUT2D eigenvalue weighted by molar-refractivity contribution is 0.752. The molecular formula is C17H23ClN4. The molecule has 118 valence electrons. The third kappa shape index (κ3) is 4.10. The lowest BCUT2D eigenvalue weighted by Gasteiger charge is -2.15. The van der Waals surface area contributed by atoms with E-state index in [1.807, 2.05) is 32.9 Å². The maximum absolute atomic E-state index is 6.35. The van der Waals surface area contributed by atoms with E-state index in [-0.39, 0.29) is 0 Å². The molecule has 5 heteroatoms. The van der Waals surface area contributed by atoms with E-state index in [1.54, 1.807) is 0 Å². The van der Waals surface area contributed by atoms with Gasteiger partial charge in [-0.3, -0.25) is 0 Å². The van der Waals surface area contributed by atoms with Gasteiger partial charge in [-0.15, -0.1) is 0 Å². The van der Waals surface area contributed by atoms with E-state index in [2.05, 4.69) is 40.5 Å². The molecule has 2 N–H and O–H groups in total. The Kier molecular flexibility index (Phi) is 5.24. The topological polar surface area (TPSA) is 49.8 Å². The number of nitrogens with one attached hydrogen (secondary N) is 2. The predicted octanol–water partition coefficient (Wildman–Crippen LogP) is 5.01. The van der Waals surface area contributed by atoms with Crippen molar-refractivity contribution in [3.63, 3.8) is 0 Å². The Balaban J connectivity index is 2.30. The summed E-state index contributed by atoms with van der Waals surface area (Å²) < 4.78 is 0. The van der Waals surface area contributed by atoms with Gasteiger partial charge in [0.1, 0.15) is 5.82 Å². The van der Waals surface area contributed by atoms with Crippen molar-refractivity contribution < 1.29 is 0 Å². The SMILES string of the molecule is CCC(C)Nc1nc(C)cc(Nc2c(C)cc(C)cc2Cl)n1. The van der Waals surface area contributed by atoms with Crippen LogP contribution in [-0.2, 0) is 0 Å². The number of anilines is 3. The monoisotopic (exact) mass is 318 g/mol. The Hall–Kier alpha value is -1.81. The summed E-state index contributed by atoms with van der Waals surface area (Å²) in [6.07, 6.45) is 1.02. The first-order valence-electron chi connectivity index (χ1n) is 7.55. The van der Waals surface area contributed by atoms with Gasteiger partial charge in [-0.25, -0.2) is 4.98 Å². The van der Waals surface area contributed by atoms with Crippen LogP contribution in [0.25, 0.3) is 0 Å². The van der Waals surface area contributed by atoms with Crippen molar-refractivity contribution in [3.8, 4) is 0 Å². The second kappa shape index (κ2) is 6.97. The maximum Gasteiger partial charge on any atom is 0.225 e. The average Bonchev–Trinajstić information content (AvgIpc) is 2.42. The van der Waals surface area contributed by atoms with Crippen molar-refractivity contribution in [2.45, 2.75) is 47.1 Å².